The van der Waals surface area contributed by atoms with E-state index in [1.165, 1.54) is 32.1 Å². The van der Waals surface area contributed by atoms with E-state index >= 15 is 0 Å². The molecule has 0 aromatic rings. The van der Waals surface area contributed by atoms with E-state index in [9.17, 15) is 23.5 Å². The first kappa shape index (κ1) is 48.7. The van der Waals surface area contributed by atoms with Gasteiger partial charge in [0, 0.05) is 19.4 Å². The van der Waals surface area contributed by atoms with Crippen molar-refractivity contribution in [3.8, 4) is 0 Å². The number of carbonyl (C=O) groups excluding carboxylic acids is 2. The quantitative estimate of drug-likeness (QED) is 0.0501. The van der Waals surface area contributed by atoms with E-state index in [4.69, 9.17) is 9.47 Å². The summed E-state index contributed by atoms with van der Waals surface area (Å²) in [5.74, 6) is -0.133. The lowest BCUT2D eigenvalue weighted by Gasteiger charge is -2.21. The van der Waals surface area contributed by atoms with Gasteiger partial charge in [-0.05, 0) is 83.7 Å². The molecule has 0 radical (unpaired) electrons. The largest absolute Gasteiger partial charge is 0.466 e. The van der Waals surface area contributed by atoms with E-state index in [0.29, 0.717) is 38.8 Å². The first-order chi connectivity index (χ1) is 24.6. The van der Waals surface area contributed by atoms with E-state index in [0.717, 1.165) is 154 Å². The summed E-state index contributed by atoms with van der Waals surface area (Å²) in [5, 5.41) is 9.51. The van der Waals surface area contributed by atoms with E-state index in [1.54, 1.807) is 0 Å². The van der Waals surface area contributed by atoms with Crippen LogP contribution in [0.15, 0.2) is 0 Å². The van der Waals surface area contributed by atoms with Gasteiger partial charge in [0.15, 0.2) is 0 Å². The molecule has 0 aromatic carbocycles. The Kier molecular flexibility index (Phi) is 39.5. The topological polar surface area (TPSA) is 76.1 Å². The van der Waals surface area contributed by atoms with Crippen molar-refractivity contribution in [1.29, 1.82) is 0 Å². The number of carbonyl (C=O) groups is 2. The highest BCUT2D eigenvalue weighted by Gasteiger charge is 2.14. The molecule has 0 saturated heterocycles. The van der Waals surface area contributed by atoms with Crippen LogP contribution in [0.3, 0.4) is 0 Å². The van der Waals surface area contributed by atoms with Crippen LogP contribution < -0.4 is 0 Å². The summed E-state index contributed by atoms with van der Waals surface area (Å²) in [6, 6.07) is 0. The average molecular weight is 718 g/mol. The minimum atomic E-state index is -0.242. The molecule has 0 aromatic heterocycles. The third-order valence-electron chi connectivity index (χ3n) is 9.76. The fourth-order valence-electron chi connectivity index (χ4n) is 6.56. The number of unbranched alkanes of at least 4 members (excludes halogenated alkanes) is 22. The number of alkyl halides is 2. The minimum absolute atomic E-state index is 0.0319. The molecular formula is C42H81F2NO5. The molecule has 0 rings (SSSR count). The molecule has 0 aliphatic carbocycles. The van der Waals surface area contributed by atoms with Gasteiger partial charge in [0.2, 0.25) is 0 Å². The maximum absolute atomic E-state index is 12.6. The van der Waals surface area contributed by atoms with Gasteiger partial charge in [0.05, 0.1) is 26.6 Å². The fraction of sp³-hybridized carbons (Fsp3) is 0.952. The molecule has 0 aliphatic rings. The van der Waals surface area contributed by atoms with Gasteiger partial charge in [-0.15, -0.1) is 0 Å². The van der Waals surface area contributed by atoms with Crippen molar-refractivity contribution < 1.29 is 33.0 Å². The smallest absolute Gasteiger partial charge is 0.306 e. The molecule has 0 atom stereocenters. The SMILES string of the molecule is CCCCCCCCCOC(=O)CCCCCCCN(CCO)CCCCCCCC(=O)OC(CCCCCCCF)CCCCCCCF. The summed E-state index contributed by atoms with van der Waals surface area (Å²) in [6.07, 6.45) is 31.2. The lowest BCUT2D eigenvalue weighted by atomic mass is 10.0. The van der Waals surface area contributed by atoms with Crippen LogP contribution in [0.1, 0.15) is 206 Å². The molecule has 0 spiro atoms. The van der Waals surface area contributed by atoms with E-state index < -0.39 is 0 Å². The summed E-state index contributed by atoms with van der Waals surface area (Å²) < 4.78 is 35.9. The molecule has 0 aliphatic heterocycles. The molecule has 8 heteroatoms. The first-order valence-corrected chi connectivity index (χ1v) is 21.4. The number of rotatable bonds is 41. The molecule has 0 bridgehead atoms. The number of hydrogen-bond donors (Lipinski definition) is 1. The number of aliphatic hydroxyl groups is 1. The van der Waals surface area contributed by atoms with Gasteiger partial charge in [0.25, 0.3) is 0 Å². The highest BCUT2D eigenvalue weighted by Crippen LogP contribution is 2.18. The van der Waals surface area contributed by atoms with Crippen molar-refractivity contribution >= 4 is 11.9 Å². The van der Waals surface area contributed by atoms with E-state index in [-0.39, 0.29) is 38.0 Å². The van der Waals surface area contributed by atoms with Gasteiger partial charge < -0.3 is 19.5 Å². The molecule has 0 heterocycles. The number of nitrogens with zero attached hydrogens (tertiary/aromatic N) is 1. The van der Waals surface area contributed by atoms with Crippen molar-refractivity contribution in [2.24, 2.45) is 0 Å². The van der Waals surface area contributed by atoms with Gasteiger partial charge in [-0.1, -0.05) is 122 Å². The van der Waals surface area contributed by atoms with Crippen molar-refractivity contribution in [2.45, 2.75) is 212 Å². The second kappa shape index (κ2) is 40.5. The molecule has 0 amide bonds. The molecule has 0 unspecified atom stereocenters. The van der Waals surface area contributed by atoms with Crippen LogP contribution in [0.4, 0.5) is 8.78 Å². The lowest BCUT2D eigenvalue weighted by Crippen LogP contribution is -2.29. The number of hydrogen-bond acceptors (Lipinski definition) is 6. The maximum Gasteiger partial charge on any atom is 0.306 e. The molecular weight excluding hydrogens is 636 g/mol. The molecule has 6 nitrogen and oxygen atoms in total. The normalized spacial score (nSPS) is 11.6. The van der Waals surface area contributed by atoms with Crippen LogP contribution >= 0.6 is 0 Å². The van der Waals surface area contributed by atoms with Crippen molar-refractivity contribution in [3.05, 3.63) is 0 Å². The van der Waals surface area contributed by atoms with Gasteiger partial charge >= 0.3 is 11.9 Å². The van der Waals surface area contributed by atoms with Crippen LogP contribution in [0, 0.1) is 0 Å². The molecule has 298 valence electrons. The molecule has 1 N–H and O–H groups in total. The molecule has 0 fully saturated rings. The van der Waals surface area contributed by atoms with Crippen molar-refractivity contribution in [3.63, 3.8) is 0 Å². The zero-order valence-corrected chi connectivity index (χ0v) is 32.7. The summed E-state index contributed by atoms with van der Waals surface area (Å²) in [6.45, 7) is 5.21. The Morgan fingerprint density at radius 1 is 0.520 bits per heavy atom. The van der Waals surface area contributed by atoms with Gasteiger partial charge in [-0.3, -0.25) is 18.4 Å². The van der Waals surface area contributed by atoms with Gasteiger partial charge in [0.1, 0.15) is 6.10 Å². The Morgan fingerprint density at radius 2 is 0.940 bits per heavy atom. The van der Waals surface area contributed by atoms with Crippen LogP contribution in [-0.2, 0) is 19.1 Å². The number of esters is 2. The highest BCUT2D eigenvalue weighted by molar-refractivity contribution is 5.69. The summed E-state index contributed by atoms with van der Waals surface area (Å²) >= 11 is 0. The Bertz CT molecular complexity index is 698. The second-order valence-corrected chi connectivity index (χ2v) is 14.5. The number of aliphatic hydroxyl groups excluding tert-OH is 1. The summed E-state index contributed by atoms with van der Waals surface area (Å²) in [7, 11) is 0. The van der Waals surface area contributed by atoms with Gasteiger partial charge in [-0.2, -0.15) is 0 Å². The summed E-state index contributed by atoms with van der Waals surface area (Å²) in [4.78, 5) is 26.9. The van der Waals surface area contributed by atoms with Crippen LogP contribution in [-0.4, -0.2) is 74.2 Å². The second-order valence-electron chi connectivity index (χ2n) is 14.5. The van der Waals surface area contributed by atoms with Crippen molar-refractivity contribution in [1.82, 2.24) is 4.90 Å². The number of halogens is 2. The Morgan fingerprint density at radius 3 is 1.44 bits per heavy atom. The van der Waals surface area contributed by atoms with Crippen LogP contribution in [0.2, 0.25) is 0 Å². The predicted octanol–water partition coefficient (Wildman–Crippen LogP) is 11.8. The van der Waals surface area contributed by atoms with Gasteiger partial charge in [-0.25, -0.2) is 0 Å². The predicted molar refractivity (Wildman–Crippen MR) is 205 cm³/mol. The van der Waals surface area contributed by atoms with E-state index in [1.807, 2.05) is 0 Å². The van der Waals surface area contributed by atoms with Crippen molar-refractivity contribution in [2.75, 3.05) is 46.2 Å². The summed E-state index contributed by atoms with van der Waals surface area (Å²) in [5.41, 5.74) is 0. The highest BCUT2D eigenvalue weighted by atomic mass is 19.1. The Labute approximate surface area is 307 Å². The Hall–Kier alpha value is -1.28. The Balaban J connectivity index is 3.94. The first-order valence-electron chi connectivity index (χ1n) is 21.4. The third-order valence-corrected chi connectivity index (χ3v) is 9.76. The monoisotopic (exact) mass is 718 g/mol. The fourth-order valence-corrected chi connectivity index (χ4v) is 6.56. The zero-order valence-electron chi connectivity index (χ0n) is 32.7. The zero-order chi connectivity index (χ0) is 36.6. The number of ether oxygens (including phenoxy) is 2. The van der Waals surface area contributed by atoms with Crippen LogP contribution in [0.5, 0.6) is 0 Å². The van der Waals surface area contributed by atoms with E-state index in [2.05, 4.69) is 11.8 Å². The lowest BCUT2D eigenvalue weighted by molar-refractivity contribution is -0.150. The molecule has 50 heavy (non-hydrogen) atoms. The average Bonchev–Trinajstić information content (AvgIpc) is 3.11. The third kappa shape index (κ3) is 36.5. The molecule has 0 saturated carbocycles. The standard InChI is InChI=1S/C42H81F2NO5/c1-2-3-4-5-6-19-28-39-49-41(47)31-22-13-9-17-26-35-45(37-38-46)36-27-18-10-14-23-32-42(48)50-40(29-20-11-7-15-24-33-43)30-21-12-8-16-25-34-44/h40,46H,2-39H2,1H3. The minimum Gasteiger partial charge on any atom is -0.466 e. The van der Waals surface area contributed by atoms with Crippen LogP contribution in [0.25, 0.3) is 0 Å². The maximum atomic E-state index is 12.6.